The van der Waals surface area contributed by atoms with Gasteiger partial charge in [0.05, 0.1) is 10.9 Å². The van der Waals surface area contributed by atoms with Crippen LogP contribution in [0.4, 0.5) is 0 Å². The lowest BCUT2D eigenvalue weighted by Gasteiger charge is -2.23. The van der Waals surface area contributed by atoms with Gasteiger partial charge in [-0.05, 0) is 42.7 Å². The fourth-order valence-electron chi connectivity index (χ4n) is 3.62. The summed E-state index contributed by atoms with van der Waals surface area (Å²) >= 11 is 0. The van der Waals surface area contributed by atoms with Crippen molar-refractivity contribution in [3.8, 4) is 0 Å². The molecule has 0 aliphatic heterocycles. The molecular weight excluding hydrogens is 360 g/mol. The van der Waals surface area contributed by atoms with Crippen molar-refractivity contribution < 1.29 is 13.2 Å². The Morgan fingerprint density at radius 1 is 0.963 bits per heavy atom. The van der Waals surface area contributed by atoms with Crippen LogP contribution in [0.5, 0.6) is 0 Å². The molecule has 2 aromatic rings. The number of hydrogen-bond donors (Lipinski definition) is 2. The number of amides is 1. The molecule has 2 aromatic carbocycles. The van der Waals surface area contributed by atoms with Gasteiger partial charge >= 0.3 is 0 Å². The van der Waals surface area contributed by atoms with E-state index in [1.165, 1.54) is 19.3 Å². The van der Waals surface area contributed by atoms with E-state index >= 15 is 0 Å². The molecule has 1 fully saturated rings. The summed E-state index contributed by atoms with van der Waals surface area (Å²) in [6, 6.07) is 11.9. The predicted molar refractivity (Wildman–Crippen MR) is 108 cm³/mol. The van der Waals surface area contributed by atoms with E-state index in [9.17, 15) is 13.2 Å². The second kappa shape index (κ2) is 8.85. The number of rotatable bonds is 5. The highest BCUT2D eigenvalue weighted by molar-refractivity contribution is 7.89. The summed E-state index contributed by atoms with van der Waals surface area (Å²) in [7, 11) is -3.76. The molecule has 27 heavy (non-hydrogen) atoms. The third-order valence-corrected chi connectivity index (χ3v) is 6.75. The summed E-state index contributed by atoms with van der Waals surface area (Å²) in [5.41, 5.74) is 0. The van der Waals surface area contributed by atoms with E-state index < -0.39 is 16.1 Å². The van der Waals surface area contributed by atoms with Gasteiger partial charge in [-0.25, -0.2) is 8.42 Å². The molecule has 1 aliphatic carbocycles. The van der Waals surface area contributed by atoms with Gasteiger partial charge in [0.2, 0.25) is 15.9 Å². The molecule has 0 heterocycles. The van der Waals surface area contributed by atoms with Crippen LogP contribution >= 0.6 is 0 Å². The van der Waals surface area contributed by atoms with E-state index in [1.54, 1.807) is 25.1 Å². The lowest BCUT2D eigenvalue weighted by Crippen LogP contribution is -2.48. The molecule has 3 rings (SSSR count). The summed E-state index contributed by atoms with van der Waals surface area (Å²) in [5.74, 6) is -0.259. The zero-order valence-electron chi connectivity index (χ0n) is 15.8. The molecule has 0 radical (unpaired) electrons. The molecule has 1 saturated carbocycles. The van der Waals surface area contributed by atoms with Crippen LogP contribution in [0, 0.1) is 0 Å². The standard InChI is InChI=1S/C21H28N2O3S/c1-16(21(24)22-19-11-5-3-2-4-6-12-19)23-27(25,26)20-14-13-17-9-7-8-10-18(17)15-20/h7-10,13-16,19,23H,2-6,11-12H2,1H3,(H,22,24)/t16-/m0/s1. The Labute approximate surface area is 161 Å². The largest absolute Gasteiger partial charge is 0.352 e. The van der Waals surface area contributed by atoms with E-state index in [2.05, 4.69) is 10.0 Å². The fourth-order valence-corrected chi connectivity index (χ4v) is 4.85. The van der Waals surface area contributed by atoms with Crippen molar-refractivity contribution in [2.24, 2.45) is 0 Å². The van der Waals surface area contributed by atoms with Crippen molar-refractivity contribution >= 4 is 26.7 Å². The maximum Gasteiger partial charge on any atom is 0.241 e. The molecule has 146 valence electrons. The van der Waals surface area contributed by atoms with Crippen LogP contribution in [-0.4, -0.2) is 26.4 Å². The molecule has 5 nitrogen and oxygen atoms in total. The van der Waals surface area contributed by atoms with Crippen LogP contribution in [0.15, 0.2) is 47.4 Å². The predicted octanol–water partition coefficient (Wildman–Crippen LogP) is 3.74. The topological polar surface area (TPSA) is 75.3 Å². The number of fused-ring (bicyclic) bond motifs is 1. The van der Waals surface area contributed by atoms with Gasteiger partial charge in [-0.2, -0.15) is 4.72 Å². The van der Waals surface area contributed by atoms with E-state index in [0.29, 0.717) is 0 Å². The van der Waals surface area contributed by atoms with Gasteiger partial charge in [-0.15, -0.1) is 0 Å². The molecule has 0 unspecified atom stereocenters. The maximum absolute atomic E-state index is 12.7. The highest BCUT2D eigenvalue weighted by Gasteiger charge is 2.24. The van der Waals surface area contributed by atoms with Crippen molar-refractivity contribution in [1.82, 2.24) is 10.0 Å². The normalized spacial score (nSPS) is 17.8. The molecule has 6 heteroatoms. The van der Waals surface area contributed by atoms with E-state index in [0.717, 1.165) is 36.5 Å². The van der Waals surface area contributed by atoms with E-state index in [4.69, 9.17) is 0 Å². The second-order valence-electron chi connectivity index (χ2n) is 7.40. The molecule has 0 spiro atoms. The second-order valence-corrected chi connectivity index (χ2v) is 9.12. The smallest absolute Gasteiger partial charge is 0.241 e. The van der Waals surface area contributed by atoms with Crippen molar-refractivity contribution in [2.75, 3.05) is 0 Å². The van der Waals surface area contributed by atoms with Gasteiger partial charge < -0.3 is 5.32 Å². The van der Waals surface area contributed by atoms with Crippen LogP contribution in [0.1, 0.15) is 51.9 Å². The summed E-state index contributed by atoms with van der Waals surface area (Å²) in [4.78, 5) is 12.7. The minimum atomic E-state index is -3.76. The molecule has 1 amide bonds. The Hall–Kier alpha value is -1.92. The third kappa shape index (κ3) is 5.30. The van der Waals surface area contributed by atoms with Gasteiger partial charge in [0, 0.05) is 6.04 Å². The quantitative estimate of drug-likeness (QED) is 0.819. The average molecular weight is 389 g/mol. The highest BCUT2D eigenvalue weighted by atomic mass is 32.2. The Morgan fingerprint density at radius 2 is 1.59 bits per heavy atom. The first-order valence-electron chi connectivity index (χ1n) is 9.77. The van der Waals surface area contributed by atoms with Crippen LogP contribution in [-0.2, 0) is 14.8 Å². The molecule has 1 atom stereocenters. The first-order chi connectivity index (χ1) is 13.0. The lowest BCUT2D eigenvalue weighted by atomic mass is 9.96. The van der Waals surface area contributed by atoms with Gasteiger partial charge in [0.15, 0.2) is 0 Å². The Morgan fingerprint density at radius 3 is 2.30 bits per heavy atom. The molecule has 2 N–H and O–H groups in total. The molecule has 0 saturated heterocycles. The van der Waals surface area contributed by atoms with Crippen molar-refractivity contribution in [2.45, 2.75) is 68.8 Å². The number of benzene rings is 2. The average Bonchev–Trinajstić information content (AvgIpc) is 2.63. The first kappa shape index (κ1) is 19.8. The summed E-state index contributed by atoms with van der Waals surface area (Å²) in [5, 5.41) is 4.86. The number of carbonyl (C=O) groups excluding carboxylic acids is 1. The number of hydrogen-bond acceptors (Lipinski definition) is 3. The third-order valence-electron chi connectivity index (χ3n) is 5.21. The molecular formula is C21H28N2O3S. The SMILES string of the molecule is C[C@H](NS(=O)(=O)c1ccc2ccccc2c1)C(=O)NC1CCCCCCC1. The minimum Gasteiger partial charge on any atom is -0.352 e. The number of sulfonamides is 1. The zero-order valence-corrected chi connectivity index (χ0v) is 16.6. The first-order valence-corrected chi connectivity index (χ1v) is 11.3. The zero-order chi connectivity index (χ0) is 19.3. The van der Waals surface area contributed by atoms with Crippen LogP contribution in [0.25, 0.3) is 10.8 Å². The van der Waals surface area contributed by atoms with Crippen LogP contribution in [0.3, 0.4) is 0 Å². The van der Waals surface area contributed by atoms with E-state index in [-0.39, 0.29) is 16.8 Å². The van der Waals surface area contributed by atoms with Crippen molar-refractivity contribution in [3.63, 3.8) is 0 Å². The van der Waals surface area contributed by atoms with Crippen LogP contribution < -0.4 is 10.0 Å². The Kier molecular flexibility index (Phi) is 6.50. The Balaban J connectivity index is 1.65. The van der Waals surface area contributed by atoms with Gasteiger partial charge in [0.1, 0.15) is 0 Å². The molecule has 1 aliphatic rings. The maximum atomic E-state index is 12.7. The van der Waals surface area contributed by atoms with Crippen molar-refractivity contribution in [3.05, 3.63) is 42.5 Å². The van der Waals surface area contributed by atoms with E-state index in [1.807, 2.05) is 24.3 Å². The van der Waals surface area contributed by atoms with Crippen molar-refractivity contribution in [1.29, 1.82) is 0 Å². The highest BCUT2D eigenvalue weighted by Crippen LogP contribution is 2.20. The number of nitrogens with one attached hydrogen (secondary N) is 2. The van der Waals surface area contributed by atoms with Gasteiger partial charge in [-0.3, -0.25) is 4.79 Å². The monoisotopic (exact) mass is 388 g/mol. The van der Waals surface area contributed by atoms with Gasteiger partial charge in [-0.1, -0.05) is 62.4 Å². The fraction of sp³-hybridized carbons (Fsp3) is 0.476. The summed E-state index contributed by atoms with van der Waals surface area (Å²) in [6.07, 6.45) is 7.84. The van der Waals surface area contributed by atoms with Crippen LogP contribution in [0.2, 0.25) is 0 Å². The Bertz CT molecular complexity index is 887. The van der Waals surface area contributed by atoms with Gasteiger partial charge in [0.25, 0.3) is 0 Å². The molecule has 0 aromatic heterocycles. The minimum absolute atomic E-state index is 0.144. The summed E-state index contributed by atoms with van der Waals surface area (Å²) < 4.78 is 27.9. The molecule has 0 bridgehead atoms. The number of carbonyl (C=O) groups is 1. The summed E-state index contributed by atoms with van der Waals surface area (Å²) in [6.45, 7) is 1.59. The lowest BCUT2D eigenvalue weighted by molar-refractivity contribution is -0.123.